The van der Waals surface area contributed by atoms with Crippen molar-refractivity contribution in [3.63, 3.8) is 0 Å². The van der Waals surface area contributed by atoms with Crippen molar-refractivity contribution < 1.29 is 0 Å². The second kappa shape index (κ2) is 5.23. The van der Waals surface area contributed by atoms with Gasteiger partial charge in [-0.05, 0) is 18.5 Å². The molecule has 1 aromatic rings. The first-order chi connectivity index (χ1) is 8.43. The highest BCUT2D eigenvalue weighted by molar-refractivity contribution is 7.99. The van der Waals surface area contributed by atoms with Gasteiger partial charge in [-0.1, -0.05) is 0 Å². The predicted molar refractivity (Wildman–Crippen MR) is 71.8 cm³/mol. The van der Waals surface area contributed by atoms with Gasteiger partial charge in [0.25, 0.3) is 0 Å². The summed E-state index contributed by atoms with van der Waals surface area (Å²) in [4.78, 5) is 11.6. The first-order valence-electron chi connectivity index (χ1n) is 6.32. The average molecular weight is 250 g/mol. The van der Waals surface area contributed by atoms with Crippen LogP contribution in [0, 0.1) is 0 Å². The molecule has 0 aromatic carbocycles. The van der Waals surface area contributed by atoms with Crippen LogP contribution >= 0.6 is 11.8 Å². The minimum atomic E-state index is 0.936. The van der Waals surface area contributed by atoms with Gasteiger partial charge in [-0.25, -0.2) is 9.97 Å². The predicted octanol–water partition coefficient (Wildman–Crippen LogP) is 0.718. The Morgan fingerprint density at radius 3 is 2.88 bits per heavy atom. The first kappa shape index (κ1) is 11.3. The molecule has 0 spiro atoms. The van der Waals surface area contributed by atoms with Gasteiger partial charge in [0.2, 0.25) is 5.95 Å². The molecule has 1 aromatic heterocycles. The number of hydrogen-bond donors (Lipinski definition) is 1. The van der Waals surface area contributed by atoms with E-state index in [1.807, 2.05) is 18.0 Å². The smallest absolute Gasteiger partial charge is 0.225 e. The van der Waals surface area contributed by atoms with Gasteiger partial charge in [0.1, 0.15) is 0 Å². The molecule has 2 aliphatic rings. The molecule has 0 saturated carbocycles. The topological polar surface area (TPSA) is 41.1 Å². The maximum absolute atomic E-state index is 4.76. The fourth-order valence-electron chi connectivity index (χ4n) is 2.33. The van der Waals surface area contributed by atoms with Crippen LogP contribution in [-0.4, -0.2) is 47.7 Å². The van der Waals surface area contributed by atoms with E-state index in [1.54, 1.807) is 0 Å². The Hall–Kier alpha value is -0.810. The molecule has 0 radical (unpaired) electrons. The summed E-state index contributed by atoms with van der Waals surface area (Å²) >= 11 is 2.02. The van der Waals surface area contributed by atoms with Crippen LogP contribution < -0.4 is 10.2 Å². The maximum atomic E-state index is 4.76. The number of anilines is 1. The molecule has 0 atom stereocenters. The third kappa shape index (κ3) is 2.55. The van der Waals surface area contributed by atoms with Crippen LogP contribution in [0.5, 0.6) is 0 Å². The molecule has 5 heteroatoms. The highest BCUT2D eigenvalue weighted by atomic mass is 32.2. The van der Waals surface area contributed by atoms with Crippen LogP contribution in [0.15, 0.2) is 6.20 Å². The summed E-state index contributed by atoms with van der Waals surface area (Å²) in [6.45, 7) is 4.26. The lowest BCUT2D eigenvalue weighted by atomic mass is 10.1. The van der Waals surface area contributed by atoms with Gasteiger partial charge < -0.3 is 10.2 Å². The zero-order valence-electron chi connectivity index (χ0n) is 9.98. The maximum Gasteiger partial charge on any atom is 0.225 e. The summed E-state index contributed by atoms with van der Waals surface area (Å²) in [6, 6.07) is 0. The normalized spacial score (nSPS) is 20.8. The molecule has 17 heavy (non-hydrogen) atoms. The molecule has 1 N–H and O–H groups in total. The molecule has 0 aliphatic carbocycles. The highest BCUT2D eigenvalue weighted by Crippen LogP contribution is 2.18. The lowest BCUT2D eigenvalue weighted by molar-refractivity contribution is 0.708. The van der Waals surface area contributed by atoms with Gasteiger partial charge in [0, 0.05) is 43.8 Å². The van der Waals surface area contributed by atoms with Gasteiger partial charge in [0.15, 0.2) is 0 Å². The Morgan fingerprint density at radius 1 is 1.18 bits per heavy atom. The van der Waals surface area contributed by atoms with E-state index < -0.39 is 0 Å². The molecular formula is C12H18N4S. The van der Waals surface area contributed by atoms with E-state index in [9.17, 15) is 0 Å². The van der Waals surface area contributed by atoms with Gasteiger partial charge >= 0.3 is 0 Å². The quantitative estimate of drug-likeness (QED) is 0.795. The van der Waals surface area contributed by atoms with E-state index in [-0.39, 0.29) is 0 Å². The Labute approximate surface area is 106 Å². The Morgan fingerprint density at radius 2 is 2.00 bits per heavy atom. The van der Waals surface area contributed by atoms with Crippen LogP contribution in [-0.2, 0) is 12.8 Å². The minimum absolute atomic E-state index is 0.936. The molecule has 4 nitrogen and oxygen atoms in total. The summed E-state index contributed by atoms with van der Waals surface area (Å²) in [6.07, 6.45) is 4.13. The number of nitrogens with one attached hydrogen (secondary N) is 1. The zero-order chi connectivity index (χ0) is 11.5. The van der Waals surface area contributed by atoms with Crippen molar-refractivity contribution in [3.8, 4) is 0 Å². The van der Waals surface area contributed by atoms with Gasteiger partial charge in [0.05, 0.1) is 5.69 Å². The molecule has 2 aliphatic heterocycles. The first-order valence-corrected chi connectivity index (χ1v) is 7.47. The summed E-state index contributed by atoms with van der Waals surface area (Å²) in [7, 11) is 0. The molecule has 3 rings (SSSR count). The van der Waals surface area contributed by atoms with E-state index in [0.29, 0.717) is 0 Å². The summed E-state index contributed by atoms with van der Waals surface area (Å²) in [5.41, 5.74) is 2.57. The van der Waals surface area contributed by atoms with Crippen LogP contribution in [0.25, 0.3) is 0 Å². The molecule has 1 fully saturated rings. The second-order valence-corrected chi connectivity index (χ2v) is 5.72. The SMILES string of the molecule is c1nc(N2CCSCC2)nc2c1CCNCC2. The molecule has 0 unspecified atom stereocenters. The summed E-state index contributed by atoms with van der Waals surface area (Å²) in [5.74, 6) is 3.33. The number of hydrogen-bond acceptors (Lipinski definition) is 5. The van der Waals surface area contributed by atoms with E-state index in [2.05, 4.69) is 15.2 Å². The Kier molecular flexibility index (Phi) is 3.47. The minimum Gasteiger partial charge on any atom is -0.339 e. The second-order valence-electron chi connectivity index (χ2n) is 4.49. The summed E-state index contributed by atoms with van der Waals surface area (Å²) < 4.78 is 0. The summed E-state index contributed by atoms with van der Waals surface area (Å²) in [5, 5.41) is 3.41. The van der Waals surface area contributed by atoms with Gasteiger partial charge in [-0.3, -0.25) is 0 Å². The zero-order valence-corrected chi connectivity index (χ0v) is 10.8. The Bertz CT molecular complexity index is 390. The van der Waals surface area contributed by atoms with E-state index in [1.165, 1.54) is 22.8 Å². The average Bonchev–Trinajstić information content (AvgIpc) is 2.64. The van der Waals surface area contributed by atoms with Crippen molar-refractivity contribution in [1.29, 1.82) is 0 Å². The highest BCUT2D eigenvalue weighted by Gasteiger charge is 2.16. The molecule has 92 valence electrons. The number of rotatable bonds is 1. The van der Waals surface area contributed by atoms with Gasteiger partial charge in [-0.15, -0.1) is 0 Å². The molecule has 1 saturated heterocycles. The monoisotopic (exact) mass is 250 g/mol. The standard InChI is InChI=1S/C12H18N4S/c1-3-13-4-2-11-10(1)9-14-12(15-11)16-5-7-17-8-6-16/h9,13H,1-8H2. The van der Waals surface area contributed by atoms with E-state index in [0.717, 1.165) is 45.0 Å². The van der Waals surface area contributed by atoms with Crippen LogP contribution in [0.4, 0.5) is 5.95 Å². The van der Waals surface area contributed by atoms with Crippen molar-refractivity contribution in [2.45, 2.75) is 12.8 Å². The van der Waals surface area contributed by atoms with Crippen molar-refractivity contribution in [2.24, 2.45) is 0 Å². The number of thioether (sulfide) groups is 1. The lowest BCUT2D eigenvalue weighted by Crippen LogP contribution is -2.34. The number of nitrogens with zero attached hydrogens (tertiary/aromatic N) is 3. The Balaban J connectivity index is 1.83. The van der Waals surface area contributed by atoms with Crippen molar-refractivity contribution in [3.05, 3.63) is 17.5 Å². The van der Waals surface area contributed by atoms with Gasteiger partial charge in [-0.2, -0.15) is 11.8 Å². The molecule has 0 bridgehead atoms. The fourth-order valence-corrected chi connectivity index (χ4v) is 3.23. The van der Waals surface area contributed by atoms with Crippen molar-refractivity contribution >= 4 is 17.7 Å². The lowest BCUT2D eigenvalue weighted by Gasteiger charge is -2.26. The fraction of sp³-hybridized carbons (Fsp3) is 0.667. The molecular weight excluding hydrogens is 232 g/mol. The van der Waals surface area contributed by atoms with Crippen LogP contribution in [0.1, 0.15) is 11.3 Å². The van der Waals surface area contributed by atoms with E-state index in [4.69, 9.17) is 4.98 Å². The van der Waals surface area contributed by atoms with Crippen LogP contribution in [0.3, 0.4) is 0 Å². The third-order valence-electron chi connectivity index (χ3n) is 3.35. The molecule has 3 heterocycles. The van der Waals surface area contributed by atoms with Crippen LogP contribution in [0.2, 0.25) is 0 Å². The third-order valence-corrected chi connectivity index (χ3v) is 4.29. The van der Waals surface area contributed by atoms with Crippen molar-refractivity contribution in [1.82, 2.24) is 15.3 Å². The largest absolute Gasteiger partial charge is 0.339 e. The number of fused-ring (bicyclic) bond motifs is 1. The number of aromatic nitrogens is 2. The molecule has 0 amide bonds. The van der Waals surface area contributed by atoms with Crippen molar-refractivity contribution in [2.75, 3.05) is 42.6 Å². The van der Waals surface area contributed by atoms with E-state index >= 15 is 0 Å².